The lowest BCUT2D eigenvalue weighted by molar-refractivity contribution is -0.134. The molecule has 6 heteroatoms. The first-order valence-corrected chi connectivity index (χ1v) is 9.90. The van der Waals surface area contributed by atoms with E-state index in [2.05, 4.69) is 0 Å². The minimum atomic E-state index is -0.609. The molecule has 1 saturated heterocycles. The average Bonchev–Trinajstić information content (AvgIpc) is 2.71. The number of allylic oxidation sites excluding steroid dienone is 1. The normalized spacial score (nSPS) is 16.8. The molecule has 0 unspecified atom stereocenters. The van der Waals surface area contributed by atoms with Crippen LogP contribution in [0.3, 0.4) is 0 Å². The van der Waals surface area contributed by atoms with Crippen molar-refractivity contribution >= 4 is 11.8 Å². The standard InChI is InChI=1S/C22H30F2N2O2/c1-5-15(3)22(28)26-11-9-16(10-12-26)20(25(4)21(27)6-2)13-17-7-8-18(23)14-19(17)24/h5,7-8,14,16,20H,6,9-13H2,1-4H3/b15-5+/t20-/m1/s1. The summed E-state index contributed by atoms with van der Waals surface area (Å²) < 4.78 is 27.5. The minimum Gasteiger partial charge on any atom is -0.342 e. The first-order chi connectivity index (χ1) is 13.3. The summed E-state index contributed by atoms with van der Waals surface area (Å²) in [5, 5.41) is 0. The molecule has 0 N–H and O–H groups in total. The molecule has 0 aliphatic carbocycles. The second-order valence-corrected chi connectivity index (χ2v) is 7.47. The van der Waals surface area contributed by atoms with Crippen LogP contribution in [0.5, 0.6) is 0 Å². The maximum atomic E-state index is 14.2. The number of carbonyl (C=O) groups excluding carboxylic acids is 2. The Morgan fingerprint density at radius 1 is 1.29 bits per heavy atom. The Balaban J connectivity index is 2.16. The predicted molar refractivity (Wildman–Crippen MR) is 106 cm³/mol. The molecule has 1 aliphatic rings. The highest BCUT2D eigenvalue weighted by Gasteiger charge is 2.33. The third-order valence-electron chi connectivity index (χ3n) is 5.78. The molecule has 28 heavy (non-hydrogen) atoms. The van der Waals surface area contributed by atoms with Crippen molar-refractivity contribution in [2.24, 2.45) is 5.92 Å². The number of likely N-dealkylation sites (N-methyl/N-ethyl adjacent to an activating group) is 1. The van der Waals surface area contributed by atoms with Crippen LogP contribution in [-0.2, 0) is 16.0 Å². The maximum Gasteiger partial charge on any atom is 0.249 e. The summed E-state index contributed by atoms with van der Waals surface area (Å²) in [6.07, 6.45) is 4.01. The lowest BCUT2D eigenvalue weighted by atomic mass is 9.84. The third kappa shape index (κ3) is 5.18. The fourth-order valence-electron chi connectivity index (χ4n) is 3.83. The topological polar surface area (TPSA) is 40.6 Å². The van der Waals surface area contributed by atoms with Crippen molar-refractivity contribution < 1.29 is 18.4 Å². The van der Waals surface area contributed by atoms with Gasteiger partial charge in [-0.05, 0) is 50.7 Å². The number of likely N-dealkylation sites (tertiary alicyclic amines) is 1. The molecular weight excluding hydrogens is 362 g/mol. The molecule has 1 aliphatic heterocycles. The van der Waals surface area contributed by atoms with Gasteiger partial charge in [-0.1, -0.05) is 19.1 Å². The highest BCUT2D eigenvalue weighted by atomic mass is 19.1. The van der Waals surface area contributed by atoms with Crippen LogP contribution in [0.4, 0.5) is 8.78 Å². The number of hydrogen-bond acceptors (Lipinski definition) is 2. The molecule has 0 radical (unpaired) electrons. The van der Waals surface area contributed by atoms with E-state index in [0.29, 0.717) is 31.5 Å². The Morgan fingerprint density at radius 3 is 2.46 bits per heavy atom. The zero-order chi connectivity index (χ0) is 20.8. The summed E-state index contributed by atoms with van der Waals surface area (Å²) in [6, 6.07) is 3.40. The van der Waals surface area contributed by atoms with Gasteiger partial charge in [-0.2, -0.15) is 0 Å². The van der Waals surface area contributed by atoms with Gasteiger partial charge < -0.3 is 9.80 Å². The molecule has 1 fully saturated rings. The second-order valence-electron chi connectivity index (χ2n) is 7.47. The first kappa shape index (κ1) is 22.1. The third-order valence-corrected chi connectivity index (χ3v) is 5.78. The summed E-state index contributed by atoms with van der Waals surface area (Å²) in [5.74, 6) is -1.00. The minimum absolute atomic E-state index is 0.00390. The van der Waals surface area contributed by atoms with Gasteiger partial charge in [0.05, 0.1) is 0 Å². The molecular formula is C22H30F2N2O2. The number of amides is 2. The van der Waals surface area contributed by atoms with Crippen molar-refractivity contribution in [3.63, 3.8) is 0 Å². The Hall–Kier alpha value is -2.24. The van der Waals surface area contributed by atoms with Crippen molar-refractivity contribution in [2.45, 2.75) is 52.5 Å². The fraction of sp³-hybridized carbons (Fsp3) is 0.545. The van der Waals surface area contributed by atoms with Crippen molar-refractivity contribution in [2.75, 3.05) is 20.1 Å². The SMILES string of the molecule is C/C=C(\C)C(=O)N1CCC([C@@H](Cc2ccc(F)cc2F)N(C)C(=O)CC)CC1. The second kappa shape index (κ2) is 9.80. The molecule has 1 aromatic rings. The van der Waals surface area contributed by atoms with Gasteiger partial charge in [0, 0.05) is 44.2 Å². The molecule has 0 aromatic heterocycles. The van der Waals surface area contributed by atoms with E-state index in [0.717, 1.165) is 24.5 Å². The molecule has 1 atom stereocenters. The molecule has 2 rings (SSSR count). The molecule has 0 bridgehead atoms. The highest BCUT2D eigenvalue weighted by molar-refractivity contribution is 5.92. The van der Waals surface area contributed by atoms with Crippen LogP contribution in [0.2, 0.25) is 0 Å². The van der Waals surface area contributed by atoms with Crippen LogP contribution in [0.25, 0.3) is 0 Å². The quantitative estimate of drug-likeness (QED) is 0.688. The molecule has 4 nitrogen and oxygen atoms in total. The van der Waals surface area contributed by atoms with E-state index in [1.165, 1.54) is 12.1 Å². The van der Waals surface area contributed by atoms with E-state index in [4.69, 9.17) is 0 Å². The molecule has 1 heterocycles. The van der Waals surface area contributed by atoms with Crippen LogP contribution < -0.4 is 0 Å². The van der Waals surface area contributed by atoms with Gasteiger partial charge in [-0.3, -0.25) is 9.59 Å². The number of halogens is 2. The molecule has 2 amide bonds. The fourth-order valence-corrected chi connectivity index (χ4v) is 3.83. The number of carbonyl (C=O) groups is 2. The van der Waals surface area contributed by atoms with Gasteiger partial charge in [-0.25, -0.2) is 8.78 Å². The molecule has 1 aromatic carbocycles. The van der Waals surface area contributed by atoms with Crippen LogP contribution in [0, 0.1) is 17.6 Å². The molecule has 154 valence electrons. The largest absolute Gasteiger partial charge is 0.342 e. The van der Waals surface area contributed by atoms with Gasteiger partial charge in [0.25, 0.3) is 0 Å². The van der Waals surface area contributed by atoms with Gasteiger partial charge in [0.15, 0.2) is 0 Å². The summed E-state index contributed by atoms with van der Waals surface area (Å²) in [6.45, 7) is 6.69. The van der Waals surface area contributed by atoms with Crippen LogP contribution >= 0.6 is 0 Å². The zero-order valence-corrected chi connectivity index (χ0v) is 17.2. The summed E-state index contributed by atoms with van der Waals surface area (Å²) in [4.78, 5) is 28.2. The van der Waals surface area contributed by atoms with E-state index in [1.54, 1.807) is 18.9 Å². The monoisotopic (exact) mass is 392 g/mol. The number of hydrogen-bond donors (Lipinski definition) is 0. The van der Waals surface area contributed by atoms with Gasteiger partial charge in [0.1, 0.15) is 11.6 Å². The van der Waals surface area contributed by atoms with E-state index < -0.39 is 11.6 Å². The number of benzene rings is 1. The van der Waals surface area contributed by atoms with Gasteiger partial charge >= 0.3 is 0 Å². The number of nitrogens with zero attached hydrogens (tertiary/aromatic N) is 2. The lowest BCUT2D eigenvalue weighted by Crippen LogP contribution is -2.48. The van der Waals surface area contributed by atoms with Crippen molar-refractivity contribution in [1.82, 2.24) is 9.80 Å². The van der Waals surface area contributed by atoms with Crippen LogP contribution in [0.1, 0.15) is 45.6 Å². The van der Waals surface area contributed by atoms with Crippen molar-refractivity contribution in [1.29, 1.82) is 0 Å². The predicted octanol–water partition coefficient (Wildman–Crippen LogP) is 3.95. The lowest BCUT2D eigenvalue weighted by Gasteiger charge is -2.40. The molecule has 0 spiro atoms. The Morgan fingerprint density at radius 2 is 1.93 bits per heavy atom. The Kier molecular flexibility index (Phi) is 7.72. The van der Waals surface area contributed by atoms with Crippen molar-refractivity contribution in [3.8, 4) is 0 Å². The zero-order valence-electron chi connectivity index (χ0n) is 17.2. The van der Waals surface area contributed by atoms with Crippen LogP contribution in [-0.4, -0.2) is 47.8 Å². The number of rotatable bonds is 6. The van der Waals surface area contributed by atoms with Gasteiger partial charge in [-0.15, -0.1) is 0 Å². The molecule has 0 saturated carbocycles. The smallest absolute Gasteiger partial charge is 0.249 e. The summed E-state index contributed by atoms with van der Waals surface area (Å²) in [7, 11) is 1.75. The maximum absolute atomic E-state index is 14.2. The first-order valence-electron chi connectivity index (χ1n) is 9.90. The van der Waals surface area contributed by atoms with Crippen LogP contribution in [0.15, 0.2) is 29.8 Å². The highest BCUT2D eigenvalue weighted by Crippen LogP contribution is 2.28. The Bertz CT molecular complexity index is 740. The summed E-state index contributed by atoms with van der Waals surface area (Å²) in [5.41, 5.74) is 1.13. The van der Waals surface area contributed by atoms with E-state index in [9.17, 15) is 18.4 Å². The van der Waals surface area contributed by atoms with Crippen molar-refractivity contribution in [3.05, 3.63) is 47.0 Å². The van der Waals surface area contributed by atoms with Gasteiger partial charge in [0.2, 0.25) is 11.8 Å². The average molecular weight is 392 g/mol. The summed E-state index contributed by atoms with van der Waals surface area (Å²) >= 11 is 0. The van der Waals surface area contributed by atoms with E-state index in [1.807, 2.05) is 24.8 Å². The Labute approximate surface area is 166 Å². The number of piperidine rings is 1. The van der Waals surface area contributed by atoms with E-state index in [-0.39, 0.29) is 23.8 Å². The van der Waals surface area contributed by atoms with E-state index >= 15 is 0 Å².